The van der Waals surface area contributed by atoms with Gasteiger partial charge in [-0.2, -0.15) is 0 Å². The first-order valence-corrected chi connectivity index (χ1v) is 8.15. The molecule has 0 N–H and O–H groups in total. The van der Waals surface area contributed by atoms with E-state index < -0.39 is 0 Å². The van der Waals surface area contributed by atoms with Gasteiger partial charge >= 0.3 is 0 Å². The Kier molecular flexibility index (Phi) is 3.93. The van der Waals surface area contributed by atoms with Gasteiger partial charge in [0.05, 0.1) is 24.9 Å². The highest BCUT2D eigenvalue weighted by atomic mass is 16.5. The van der Waals surface area contributed by atoms with Gasteiger partial charge in [-0.3, -0.25) is 4.79 Å². The van der Waals surface area contributed by atoms with E-state index in [1.165, 1.54) is 6.33 Å². The summed E-state index contributed by atoms with van der Waals surface area (Å²) in [5.74, 6) is 0.550. The second kappa shape index (κ2) is 6.39. The zero-order valence-electron chi connectivity index (χ0n) is 13.9. The number of nitrogens with zero attached hydrogens (tertiary/aromatic N) is 4. The van der Waals surface area contributed by atoms with Crippen molar-refractivity contribution >= 4 is 5.91 Å². The highest BCUT2D eigenvalue weighted by Gasteiger charge is 2.25. The van der Waals surface area contributed by atoms with Gasteiger partial charge in [0.15, 0.2) is 0 Å². The average molecular weight is 334 g/mol. The Bertz CT molecular complexity index is 891. The smallest absolute Gasteiger partial charge is 0.254 e. The van der Waals surface area contributed by atoms with Crippen LogP contribution < -0.4 is 4.74 Å². The number of aromatic nitrogens is 3. The molecule has 0 bridgehead atoms. The Morgan fingerprint density at radius 2 is 2.00 bits per heavy atom. The van der Waals surface area contributed by atoms with E-state index in [1.54, 1.807) is 7.11 Å². The lowest BCUT2D eigenvalue weighted by atomic mass is 10.1. The van der Waals surface area contributed by atoms with Gasteiger partial charge in [0.2, 0.25) is 5.88 Å². The lowest BCUT2D eigenvalue weighted by Crippen LogP contribution is -2.36. The van der Waals surface area contributed by atoms with Crippen LogP contribution in [0.15, 0.2) is 55.1 Å². The van der Waals surface area contributed by atoms with Crippen molar-refractivity contribution in [2.24, 2.45) is 0 Å². The summed E-state index contributed by atoms with van der Waals surface area (Å²) in [5, 5.41) is 0. The maximum Gasteiger partial charge on any atom is 0.254 e. The van der Waals surface area contributed by atoms with Crippen molar-refractivity contribution < 1.29 is 9.53 Å². The SMILES string of the molecule is COc1ncnc2c1CN(C(=O)c1cccc(-n3cccc3)c1)CC2. The number of rotatable bonds is 3. The van der Waals surface area contributed by atoms with Gasteiger partial charge in [0.25, 0.3) is 5.91 Å². The summed E-state index contributed by atoms with van der Waals surface area (Å²) in [6, 6.07) is 11.6. The highest BCUT2D eigenvalue weighted by Crippen LogP contribution is 2.25. The molecule has 0 spiro atoms. The maximum atomic E-state index is 13.0. The van der Waals surface area contributed by atoms with Crippen molar-refractivity contribution in [3.63, 3.8) is 0 Å². The van der Waals surface area contributed by atoms with Gasteiger partial charge in [-0.15, -0.1) is 0 Å². The Hall–Kier alpha value is -3.15. The number of amides is 1. The molecule has 6 heteroatoms. The molecule has 0 aliphatic carbocycles. The number of methoxy groups -OCH3 is 1. The molecule has 1 aliphatic heterocycles. The molecule has 3 aromatic rings. The molecule has 0 saturated heterocycles. The van der Waals surface area contributed by atoms with Crippen molar-refractivity contribution in [3.8, 4) is 11.6 Å². The minimum Gasteiger partial charge on any atom is -0.481 e. The van der Waals surface area contributed by atoms with Crippen LogP contribution >= 0.6 is 0 Å². The molecule has 1 amide bonds. The van der Waals surface area contributed by atoms with Gasteiger partial charge in [0, 0.05) is 36.6 Å². The molecule has 0 radical (unpaired) electrons. The lowest BCUT2D eigenvalue weighted by molar-refractivity contribution is 0.0731. The molecule has 0 fully saturated rings. The molecular weight excluding hydrogens is 316 g/mol. The number of hydrogen-bond acceptors (Lipinski definition) is 4. The second-order valence-electron chi connectivity index (χ2n) is 5.93. The number of carbonyl (C=O) groups excluding carboxylic acids is 1. The topological polar surface area (TPSA) is 60.3 Å². The molecule has 0 saturated carbocycles. The summed E-state index contributed by atoms with van der Waals surface area (Å²) in [4.78, 5) is 23.2. The van der Waals surface area contributed by atoms with Crippen molar-refractivity contribution in [1.82, 2.24) is 19.4 Å². The maximum absolute atomic E-state index is 13.0. The van der Waals surface area contributed by atoms with Crippen LogP contribution in [0.1, 0.15) is 21.6 Å². The molecule has 4 rings (SSSR count). The highest BCUT2D eigenvalue weighted by molar-refractivity contribution is 5.95. The first-order chi connectivity index (χ1) is 12.3. The van der Waals surface area contributed by atoms with Gasteiger partial charge in [-0.25, -0.2) is 9.97 Å². The molecule has 1 aliphatic rings. The standard InChI is InChI=1S/C19H18N4O2/c1-25-18-16-12-23(10-7-17(16)20-13-21-18)19(24)14-5-4-6-15(11-14)22-8-2-3-9-22/h2-6,8-9,11,13H,7,10,12H2,1H3. The van der Waals surface area contributed by atoms with Gasteiger partial charge < -0.3 is 14.2 Å². The van der Waals surface area contributed by atoms with E-state index in [2.05, 4.69) is 9.97 Å². The number of fused-ring (bicyclic) bond motifs is 1. The third-order valence-electron chi connectivity index (χ3n) is 4.44. The monoisotopic (exact) mass is 334 g/mol. The molecule has 126 valence electrons. The van der Waals surface area contributed by atoms with E-state index >= 15 is 0 Å². The minimum atomic E-state index is 0.00515. The second-order valence-corrected chi connectivity index (χ2v) is 5.93. The predicted molar refractivity (Wildman–Crippen MR) is 92.8 cm³/mol. The van der Waals surface area contributed by atoms with Gasteiger partial charge in [-0.1, -0.05) is 6.07 Å². The van der Waals surface area contributed by atoms with E-state index in [4.69, 9.17) is 4.74 Å². The van der Waals surface area contributed by atoms with Crippen molar-refractivity contribution in [3.05, 3.63) is 71.9 Å². The fraction of sp³-hybridized carbons (Fsp3) is 0.211. The molecule has 2 aromatic heterocycles. The minimum absolute atomic E-state index is 0.00515. The third-order valence-corrected chi connectivity index (χ3v) is 4.44. The van der Waals surface area contributed by atoms with Crippen molar-refractivity contribution in [2.45, 2.75) is 13.0 Å². The number of carbonyl (C=O) groups is 1. The Labute approximate surface area is 145 Å². The van der Waals surface area contributed by atoms with Crippen LogP contribution in [0.3, 0.4) is 0 Å². The van der Waals surface area contributed by atoms with Crippen LogP contribution in [0, 0.1) is 0 Å². The Morgan fingerprint density at radius 1 is 1.16 bits per heavy atom. The van der Waals surface area contributed by atoms with E-state index in [1.807, 2.05) is 58.3 Å². The average Bonchev–Trinajstić information content (AvgIpc) is 3.21. The van der Waals surface area contributed by atoms with E-state index in [-0.39, 0.29) is 5.91 Å². The molecule has 6 nitrogen and oxygen atoms in total. The normalized spacial score (nSPS) is 13.4. The third kappa shape index (κ3) is 2.87. The molecule has 3 heterocycles. The van der Waals surface area contributed by atoms with Crippen LogP contribution in [0.5, 0.6) is 5.88 Å². The predicted octanol–water partition coefficient (Wildman–Crippen LogP) is 2.47. The zero-order valence-corrected chi connectivity index (χ0v) is 13.9. The van der Waals surface area contributed by atoms with E-state index in [9.17, 15) is 4.79 Å². The Balaban J connectivity index is 1.61. The summed E-state index contributed by atoms with van der Waals surface area (Å²) in [6.07, 6.45) is 6.14. The molecule has 0 atom stereocenters. The molecule has 1 aromatic carbocycles. The first-order valence-electron chi connectivity index (χ1n) is 8.15. The van der Waals surface area contributed by atoms with Crippen molar-refractivity contribution in [1.29, 1.82) is 0 Å². The number of hydrogen-bond donors (Lipinski definition) is 0. The van der Waals surface area contributed by atoms with Gasteiger partial charge in [0.1, 0.15) is 6.33 Å². The summed E-state index contributed by atoms with van der Waals surface area (Å²) in [5.41, 5.74) is 3.49. The molecule has 25 heavy (non-hydrogen) atoms. The van der Waals surface area contributed by atoms with Crippen molar-refractivity contribution in [2.75, 3.05) is 13.7 Å². The largest absolute Gasteiger partial charge is 0.481 e. The van der Waals surface area contributed by atoms with Crippen LogP contribution in [-0.2, 0) is 13.0 Å². The quantitative estimate of drug-likeness (QED) is 0.738. The number of ether oxygens (including phenoxy) is 1. The number of benzene rings is 1. The lowest BCUT2D eigenvalue weighted by Gasteiger charge is -2.28. The summed E-state index contributed by atoms with van der Waals surface area (Å²) >= 11 is 0. The zero-order chi connectivity index (χ0) is 17.2. The fourth-order valence-electron chi connectivity index (χ4n) is 3.15. The van der Waals surface area contributed by atoms with E-state index in [0.717, 1.165) is 16.9 Å². The van der Waals surface area contributed by atoms with E-state index in [0.29, 0.717) is 31.0 Å². The van der Waals surface area contributed by atoms with Crippen LogP contribution in [0.25, 0.3) is 5.69 Å². The fourth-order valence-corrected chi connectivity index (χ4v) is 3.15. The van der Waals surface area contributed by atoms with Crippen LogP contribution in [-0.4, -0.2) is 39.0 Å². The van der Waals surface area contributed by atoms with Crippen LogP contribution in [0.4, 0.5) is 0 Å². The Morgan fingerprint density at radius 3 is 2.80 bits per heavy atom. The van der Waals surface area contributed by atoms with Crippen LogP contribution in [0.2, 0.25) is 0 Å². The summed E-state index contributed by atoms with van der Waals surface area (Å²) < 4.78 is 7.31. The molecule has 0 unspecified atom stereocenters. The van der Waals surface area contributed by atoms with Gasteiger partial charge in [-0.05, 0) is 30.3 Å². The first kappa shape index (κ1) is 15.4. The summed E-state index contributed by atoms with van der Waals surface area (Å²) in [6.45, 7) is 1.10. The summed E-state index contributed by atoms with van der Waals surface area (Å²) in [7, 11) is 1.59. The molecular formula is C19H18N4O2.